The fourth-order valence-corrected chi connectivity index (χ4v) is 11.1. The first-order valence-corrected chi connectivity index (χ1v) is 20.4. The number of hydrogen-bond acceptors (Lipinski definition) is 1. The molecule has 2 nitrogen and oxygen atoms in total. The summed E-state index contributed by atoms with van der Waals surface area (Å²) in [6.07, 6.45) is 0. The van der Waals surface area contributed by atoms with Crippen LogP contribution in [0, 0.1) is 0 Å². The molecule has 1 aromatic heterocycles. The Hall–Kier alpha value is -6.38. The smallest absolute Gasteiger partial charge is 0.0583 e. The van der Waals surface area contributed by atoms with Gasteiger partial charge in [-0.1, -0.05) is 151 Å². The van der Waals surface area contributed by atoms with Crippen molar-refractivity contribution in [2.24, 2.45) is 0 Å². The largest absolute Gasteiger partial charge is 0.310 e. The van der Waals surface area contributed by atoms with E-state index in [1.54, 1.807) is 0 Å². The maximum Gasteiger partial charge on any atom is 0.0583 e. The van der Waals surface area contributed by atoms with Crippen LogP contribution in [0.15, 0.2) is 158 Å². The molecular weight excluding hydrogens is 689 g/mol. The van der Waals surface area contributed by atoms with E-state index in [0.29, 0.717) is 0 Å². The van der Waals surface area contributed by atoms with E-state index in [2.05, 4.69) is 209 Å². The van der Waals surface area contributed by atoms with Gasteiger partial charge in [0.25, 0.3) is 0 Å². The molecule has 9 aromatic rings. The lowest BCUT2D eigenvalue weighted by molar-refractivity contribution is 0.594. The predicted octanol–water partition coefficient (Wildman–Crippen LogP) is 14.7. The molecule has 0 saturated heterocycles. The number of fused-ring (bicyclic) bond motifs is 5. The lowest BCUT2D eigenvalue weighted by Gasteiger charge is -2.42. The van der Waals surface area contributed by atoms with Crippen LogP contribution in [0.5, 0.6) is 0 Å². The number of rotatable bonds is 4. The summed E-state index contributed by atoms with van der Waals surface area (Å²) in [5.74, 6) is 0. The zero-order valence-electron chi connectivity index (χ0n) is 33.4. The summed E-state index contributed by atoms with van der Waals surface area (Å²) in [6, 6.07) is 59.7. The van der Waals surface area contributed by atoms with Crippen molar-refractivity contribution in [3.8, 4) is 27.9 Å². The fraction of sp³-hybridized carbons (Fsp3) is 0.164. The molecule has 12 rings (SSSR count). The zero-order valence-corrected chi connectivity index (χ0v) is 33.4. The van der Waals surface area contributed by atoms with Gasteiger partial charge in [-0.25, -0.2) is 0 Å². The van der Waals surface area contributed by atoms with Crippen LogP contribution in [0.1, 0.15) is 74.9 Å². The molecule has 0 amide bonds. The van der Waals surface area contributed by atoms with Crippen LogP contribution >= 0.6 is 0 Å². The van der Waals surface area contributed by atoms with E-state index in [1.165, 1.54) is 105 Å². The molecular formula is C55H44N2. The average Bonchev–Trinajstić information content (AvgIpc) is 3.67. The number of para-hydroxylation sites is 2. The van der Waals surface area contributed by atoms with E-state index in [1.807, 2.05) is 0 Å². The normalized spacial score (nSPS) is 16.0. The minimum Gasteiger partial charge on any atom is -0.310 e. The predicted molar refractivity (Wildman–Crippen MR) is 240 cm³/mol. The topological polar surface area (TPSA) is 8.17 Å². The Balaban J connectivity index is 1.19. The second-order valence-corrected chi connectivity index (χ2v) is 18.2. The molecule has 8 aromatic carbocycles. The first-order valence-electron chi connectivity index (χ1n) is 20.4. The van der Waals surface area contributed by atoms with E-state index < -0.39 is 0 Å². The van der Waals surface area contributed by atoms with Crippen LogP contribution in [0.3, 0.4) is 0 Å². The molecule has 0 atom stereocenters. The van der Waals surface area contributed by atoms with Gasteiger partial charge in [-0.3, -0.25) is 0 Å². The van der Waals surface area contributed by atoms with Crippen molar-refractivity contribution < 1.29 is 0 Å². The SMILES string of the molecule is CC1(C)c2ccccc2-c2ccc(N(c3ccccc3)c3cc4c5c(c3)c3cc(-c6cccc7ccccc67)cc6c3n5-c3c(cccc3C4(C)C)C6(C)C)cc21. The van der Waals surface area contributed by atoms with Gasteiger partial charge in [0.1, 0.15) is 0 Å². The van der Waals surface area contributed by atoms with Crippen LogP contribution in [0.2, 0.25) is 0 Å². The van der Waals surface area contributed by atoms with E-state index in [4.69, 9.17) is 0 Å². The molecule has 2 aliphatic heterocycles. The second-order valence-electron chi connectivity index (χ2n) is 18.2. The summed E-state index contributed by atoms with van der Waals surface area (Å²) in [7, 11) is 0. The number of anilines is 3. The maximum absolute atomic E-state index is 2.65. The third-order valence-electron chi connectivity index (χ3n) is 14.1. The number of nitrogens with zero attached hydrogens (tertiary/aromatic N) is 2. The Morgan fingerprint density at radius 2 is 0.930 bits per heavy atom. The third kappa shape index (κ3) is 4.15. The number of hydrogen-bond donors (Lipinski definition) is 0. The van der Waals surface area contributed by atoms with Gasteiger partial charge in [0.05, 0.1) is 16.7 Å². The van der Waals surface area contributed by atoms with Crippen molar-refractivity contribution >= 4 is 49.6 Å². The zero-order chi connectivity index (χ0) is 38.6. The van der Waals surface area contributed by atoms with Crippen molar-refractivity contribution in [2.75, 3.05) is 4.90 Å². The molecule has 0 unspecified atom stereocenters. The molecule has 0 bridgehead atoms. The van der Waals surface area contributed by atoms with E-state index in [0.717, 1.165) is 5.69 Å². The van der Waals surface area contributed by atoms with E-state index in [9.17, 15) is 0 Å². The molecule has 274 valence electrons. The van der Waals surface area contributed by atoms with Crippen LogP contribution in [0.25, 0.3) is 60.5 Å². The summed E-state index contributed by atoms with van der Waals surface area (Å²) in [5, 5.41) is 5.18. The highest BCUT2D eigenvalue weighted by Crippen LogP contribution is 2.58. The Morgan fingerprint density at radius 1 is 0.368 bits per heavy atom. The summed E-state index contributed by atoms with van der Waals surface area (Å²) in [6.45, 7) is 14.5. The monoisotopic (exact) mass is 732 g/mol. The van der Waals surface area contributed by atoms with Gasteiger partial charge in [0, 0.05) is 44.1 Å². The number of aromatic nitrogens is 1. The lowest BCUT2D eigenvalue weighted by Crippen LogP contribution is -2.33. The highest BCUT2D eigenvalue weighted by Gasteiger charge is 2.44. The Labute approximate surface area is 334 Å². The van der Waals surface area contributed by atoms with Crippen molar-refractivity contribution in [1.82, 2.24) is 4.57 Å². The number of benzene rings is 8. The molecule has 2 heteroatoms. The quantitative estimate of drug-likeness (QED) is 0.175. The molecule has 0 spiro atoms. The standard InChI is InChI=1S/C55H44N2/c1-53(2)44-23-13-12-21-40(44)41-27-26-36(31-47(41)53)56(35-18-8-7-9-19-35)37-30-43-42-28-34(39-22-14-17-33-16-10-11-20-38(33)39)29-48-50(42)57-51(43)49(32-37)55(5,6)46-25-15-24-45(52(46)57)54(48,3)4/h7-32H,1-6H3. The van der Waals surface area contributed by atoms with Crippen molar-refractivity contribution in [3.63, 3.8) is 0 Å². The van der Waals surface area contributed by atoms with Gasteiger partial charge >= 0.3 is 0 Å². The summed E-state index contributed by atoms with van der Waals surface area (Å²) >= 11 is 0. The first-order chi connectivity index (χ1) is 27.5. The Morgan fingerprint density at radius 3 is 1.72 bits per heavy atom. The second kappa shape index (κ2) is 10.9. The van der Waals surface area contributed by atoms with Gasteiger partial charge in [0.15, 0.2) is 0 Å². The van der Waals surface area contributed by atoms with Crippen molar-refractivity contribution in [2.45, 2.75) is 57.8 Å². The highest BCUT2D eigenvalue weighted by atomic mass is 15.1. The minimum atomic E-state index is -0.236. The minimum absolute atomic E-state index is 0.104. The molecule has 3 aliphatic rings. The maximum atomic E-state index is 2.65. The Bertz CT molecular complexity index is 3200. The van der Waals surface area contributed by atoms with E-state index in [-0.39, 0.29) is 16.2 Å². The van der Waals surface area contributed by atoms with Crippen LogP contribution in [-0.4, -0.2) is 4.57 Å². The molecule has 3 heterocycles. The molecule has 1 aliphatic carbocycles. The van der Waals surface area contributed by atoms with E-state index >= 15 is 0 Å². The first kappa shape index (κ1) is 32.8. The lowest BCUT2D eigenvalue weighted by atomic mass is 9.68. The molecule has 0 saturated carbocycles. The summed E-state index contributed by atoms with van der Waals surface area (Å²) in [5.41, 5.74) is 20.6. The van der Waals surface area contributed by atoms with Crippen LogP contribution in [0.4, 0.5) is 17.1 Å². The Kier molecular flexibility index (Phi) is 6.29. The van der Waals surface area contributed by atoms with Crippen molar-refractivity contribution in [3.05, 3.63) is 191 Å². The molecule has 0 radical (unpaired) electrons. The summed E-state index contributed by atoms with van der Waals surface area (Å²) < 4.78 is 2.65. The van der Waals surface area contributed by atoms with Crippen LogP contribution < -0.4 is 4.90 Å². The summed E-state index contributed by atoms with van der Waals surface area (Å²) in [4.78, 5) is 2.50. The van der Waals surface area contributed by atoms with Gasteiger partial charge in [-0.05, 0) is 115 Å². The van der Waals surface area contributed by atoms with Crippen molar-refractivity contribution in [1.29, 1.82) is 0 Å². The average molecular weight is 733 g/mol. The highest BCUT2D eigenvalue weighted by molar-refractivity contribution is 6.17. The van der Waals surface area contributed by atoms with Gasteiger partial charge in [-0.15, -0.1) is 0 Å². The van der Waals surface area contributed by atoms with Gasteiger partial charge < -0.3 is 9.47 Å². The molecule has 57 heavy (non-hydrogen) atoms. The van der Waals surface area contributed by atoms with Gasteiger partial charge in [-0.2, -0.15) is 0 Å². The third-order valence-corrected chi connectivity index (χ3v) is 14.1. The van der Waals surface area contributed by atoms with Crippen LogP contribution in [-0.2, 0) is 16.2 Å². The molecule has 0 N–H and O–H groups in total. The fourth-order valence-electron chi connectivity index (χ4n) is 11.1. The van der Waals surface area contributed by atoms with Gasteiger partial charge in [0.2, 0.25) is 0 Å². The molecule has 0 fully saturated rings.